The third kappa shape index (κ3) is 37.8. The summed E-state index contributed by atoms with van der Waals surface area (Å²) in [6.45, 7) is 3.36. The van der Waals surface area contributed by atoms with Crippen LogP contribution in [0.25, 0.3) is 0 Å². The smallest absolute Gasteiger partial charge is 0.308 e. The highest BCUT2D eigenvalue weighted by Crippen LogP contribution is 2.22. The first-order valence-electron chi connectivity index (χ1n) is 25.1. The van der Waals surface area contributed by atoms with Gasteiger partial charge >= 0.3 is 11.9 Å². The minimum atomic E-state index is -0.0302. The molecule has 4 heteroatoms. The fourth-order valence-corrected chi connectivity index (χ4v) is 8.44. The first-order valence-corrected chi connectivity index (χ1v) is 25.1. The van der Waals surface area contributed by atoms with Crippen LogP contribution in [0.2, 0.25) is 0 Å². The minimum Gasteiger partial charge on any atom is -0.466 e. The van der Waals surface area contributed by atoms with Crippen molar-refractivity contribution in [2.45, 2.75) is 289 Å². The Hall–Kier alpha value is -1.06. The molecule has 1 rings (SSSR count). The summed E-state index contributed by atoms with van der Waals surface area (Å²) < 4.78 is 11.3. The van der Waals surface area contributed by atoms with Gasteiger partial charge in [-0.2, -0.15) is 0 Å². The van der Waals surface area contributed by atoms with Crippen LogP contribution in [-0.4, -0.2) is 25.2 Å². The predicted octanol–water partition coefficient (Wildman–Crippen LogP) is 16.9. The Kier molecular flexibility index (Phi) is 40.6. The molecule has 0 bridgehead atoms. The number of unbranched alkanes of at least 4 members (excludes halogenated alkanes) is 21. The average Bonchev–Trinajstić information content (AvgIpc) is 3.17. The zero-order valence-electron chi connectivity index (χ0n) is 36.7. The van der Waals surface area contributed by atoms with Crippen LogP contribution in [0.4, 0.5) is 0 Å². The third-order valence-corrected chi connectivity index (χ3v) is 12.2. The molecule has 4 nitrogen and oxygen atoms in total. The van der Waals surface area contributed by atoms with Gasteiger partial charge in [-0.25, -0.2) is 0 Å². The maximum absolute atomic E-state index is 13.0. The molecule has 0 aromatic heterocycles. The Labute approximate surface area is 338 Å². The van der Waals surface area contributed by atoms with E-state index in [1.807, 2.05) is 0 Å². The van der Waals surface area contributed by atoms with Crippen LogP contribution in [0.5, 0.6) is 0 Å². The van der Waals surface area contributed by atoms with Crippen molar-refractivity contribution in [2.24, 2.45) is 5.92 Å². The second-order valence-corrected chi connectivity index (χ2v) is 17.6. The Morgan fingerprint density at radius 3 is 0.981 bits per heavy atom. The van der Waals surface area contributed by atoms with Crippen LogP contribution in [0.15, 0.2) is 0 Å². The van der Waals surface area contributed by atoms with Crippen LogP contribution < -0.4 is 0 Å². The standard InChI is InChI=1S/C50H96O4/c1-2-3-4-5-6-7-8-9-10-11-12-17-20-23-26-29-32-35-40-45-49(51)53-46-41-36-37-42-47-54-50(52)48-43-38-33-30-27-24-21-18-15-13-14-16-19-22-25-28-31-34-39-44-48/h48H,2-47H2,1H3. The van der Waals surface area contributed by atoms with Gasteiger partial charge in [0.15, 0.2) is 0 Å². The minimum absolute atomic E-state index is 0.0302. The quantitative estimate of drug-likeness (QED) is 0.0589. The van der Waals surface area contributed by atoms with E-state index in [-0.39, 0.29) is 17.9 Å². The fourth-order valence-electron chi connectivity index (χ4n) is 8.44. The topological polar surface area (TPSA) is 52.6 Å². The molecule has 0 amide bonds. The summed E-state index contributed by atoms with van der Waals surface area (Å²) in [5.74, 6) is 0.113. The van der Waals surface area contributed by atoms with Gasteiger partial charge in [0, 0.05) is 6.42 Å². The molecule has 1 aliphatic carbocycles. The maximum Gasteiger partial charge on any atom is 0.308 e. The highest BCUT2D eigenvalue weighted by atomic mass is 16.5. The summed E-state index contributed by atoms with van der Waals surface area (Å²) in [7, 11) is 0. The van der Waals surface area contributed by atoms with E-state index >= 15 is 0 Å². The van der Waals surface area contributed by atoms with Crippen LogP contribution in [0.1, 0.15) is 289 Å². The lowest BCUT2D eigenvalue weighted by molar-refractivity contribution is -0.149. The summed E-state index contributed by atoms with van der Waals surface area (Å²) in [5, 5.41) is 0. The van der Waals surface area contributed by atoms with Crippen molar-refractivity contribution in [3.8, 4) is 0 Å². The van der Waals surface area contributed by atoms with Crippen molar-refractivity contribution in [3.63, 3.8) is 0 Å². The highest BCUT2D eigenvalue weighted by molar-refractivity contribution is 5.72. The molecule has 1 aliphatic rings. The second kappa shape index (κ2) is 43.1. The van der Waals surface area contributed by atoms with Crippen molar-refractivity contribution in [2.75, 3.05) is 13.2 Å². The van der Waals surface area contributed by atoms with Crippen LogP contribution in [0.3, 0.4) is 0 Å². The van der Waals surface area contributed by atoms with Gasteiger partial charge in [-0.1, -0.05) is 238 Å². The lowest BCUT2D eigenvalue weighted by atomic mass is 9.94. The number of carbonyl (C=O) groups is 2. The normalized spacial score (nSPS) is 16.8. The summed E-state index contributed by atoms with van der Waals surface area (Å²) in [4.78, 5) is 25.2. The van der Waals surface area contributed by atoms with Gasteiger partial charge < -0.3 is 9.47 Å². The molecule has 0 aliphatic heterocycles. The number of hydrogen-bond acceptors (Lipinski definition) is 4. The number of hydrogen-bond donors (Lipinski definition) is 0. The number of esters is 2. The van der Waals surface area contributed by atoms with Crippen molar-refractivity contribution in [1.82, 2.24) is 0 Å². The van der Waals surface area contributed by atoms with E-state index in [9.17, 15) is 9.59 Å². The summed E-state index contributed by atoms with van der Waals surface area (Å²) in [5.41, 5.74) is 0. The zero-order valence-corrected chi connectivity index (χ0v) is 36.7. The largest absolute Gasteiger partial charge is 0.466 e. The van der Waals surface area contributed by atoms with E-state index in [1.165, 1.54) is 212 Å². The molecule has 0 aromatic carbocycles. The monoisotopic (exact) mass is 761 g/mol. The van der Waals surface area contributed by atoms with Gasteiger partial charge in [0.2, 0.25) is 0 Å². The van der Waals surface area contributed by atoms with E-state index in [1.54, 1.807) is 0 Å². The van der Waals surface area contributed by atoms with Crippen molar-refractivity contribution in [1.29, 1.82) is 0 Å². The Morgan fingerprint density at radius 2 is 0.630 bits per heavy atom. The van der Waals surface area contributed by atoms with Gasteiger partial charge in [0.25, 0.3) is 0 Å². The lowest BCUT2D eigenvalue weighted by Crippen LogP contribution is -2.18. The number of carbonyl (C=O) groups excluding carboxylic acids is 2. The van der Waals surface area contributed by atoms with E-state index in [4.69, 9.17) is 9.47 Å². The van der Waals surface area contributed by atoms with Crippen molar-refractivity contribution < 1.29 is 19.1 Å². The molecule has 320 valence electrons. The van der Waals surface area contributed by atoms with Gasteiger partial charge in [-0.05, 0) is 44.9 Å². The van der Waals surface area contributed by atoms with E-state index in [2.05, 4.69) is 6.92 Å². The summed E-state index contributed by atoms with van der Waals surface area (Å²) in [6.07, 6.45) is 56.7. The SMILES string of the molecule is CCCCCCCCCCCCCCCCCCCCCC(=O)OCCCCCCOC(=O)C1CCCCCCCCCCCCCCCCCCCC1. The zero-order chi connectivity index (χ0) is 38.7. The Morgan fingerprint density at radius 1 is 0.352 bits per heavy atom. The summed E-state index contributed by atoms with van der Waals surface area (Å²) in [6, 6.07) is 0. The highest BCUT2D eigenvalue weighted by Gasteiger charge is 2.19. The fraction of sp³-hybridized carbons (Fsp3) is 0.960. The molecule has 0 unspecified atom stereocenters. The van der Waals surface area contributed by atoms with Crippen LogP contribution >= 0.6 is 0 Å². The van der Waals surface area contributed by atoms with Gasteiger partial charge in [-0.3, -0.25) is 9.59 Å². The molecule has 54 heavy (non-hydrogen) atoms. The van der Waals surface area contributed by atoms with E-state index in [0.29, 0.717) is 19.6 Å². The number of ether oxygens (including phenoxy) is 2. The molecule has 0 N–H and O–H groups in total. The molecule has 0 atom stereocenters. The predicted molar refractivity (Wildman–Crippen MR) is 234 cm³/mol. The molecule has 0 heterocycles. The molecule has 0 radical (unpaired) electrons. The Bertz CT molecular complexity index is 744. The van der Waals surface area contributed by atoms with Crippen LogP contribution in [0, 0.1) is 5.92 Å². The van der Waals surface area contributed by atoms with Crippen molar-refractivity contribution in [3.05, 3.63) is 0 Å². The molecule has 1 fully saturated rings. The lowest BCUT2D eigenvalue weighted by Gasteiger charge is -2.16. The maximum atomic E-state index is 13.0. The van der Waals surface area contributed by atoms with Crippen molar-refractivity contribution >= 4 is 11.9 Å². The first-order chi connectivity index (χ1) is 26.7. The molecule has 1 saturated carbocycles. The van der Waals surface area contributed by atoms with Gasteiger partial charge in [-0.15, -0.1) is 0 Å². The summed E-state index contributed by atoms with van der Waals surface area (Å²) >= 11 is 0. The average molecular weight is 761 g/mol. The second-order valence-electron chi connectivity index (χ2n) is 17.6. The van der Waals surface area contributed by atoms with Gasteiger partial charge in [0.05, 0.1) is 19.1 Å². The van der Waals surface area contributed by atoms with Gasteiger partial charge in [0.1, 0.15) is 0 Å². The van der Waals surface area contributed by atoms with E-state index in [0.717, 1.165) is 64.2 Å². The molecular formula is C50H96O4. The molecule has 0 spiro atoms. The molecule has 0 aromatic rings. The van der Waals surface area contributed by atoms with E-state index < -0.39 is 0 Å². The Balaban J connectivity index is 1.96. The van der Waals surface area contributed by atoms with Crippen LogP contribution in [-0.2, 0) is 19.1 Å². The number of rotatable bonds is 28. The third-order valence-electron chi connectivity index (χ3n) is 12.2. The molecular weight excluding hydrogens is 665 g/mol. The molecule has 0 saturated heterocycles. The first kappa shape index (κ1) is 51.0.